The number of amides is 1. The number of hydrogen-bond donors (Lipinski definition) is 3. The molecule has 196 valence electrons. The smallest absolute Gasteiger partial charge is 0.321 e. The van der Waals surface area contributed by atoms with Gasteiger partial charge in [-0.3, -0.25) is 14.4 Å². The average Bonchev–Trinajstić information content (AvgIpc) is 2.74. The van der Waals surface area contributed by atoms with Crippen molar-refractivity contribution in [2.24, 2.45) is 0 Å². The van der Waals surface area contributed by atoms with Gasteiger partial charge in [0, 0.05) is 13.1 Å². The van der Waals surface area contributed by atoms with Crippen molar-refractivity contribution in [3.63, 3.8) is 0 Å². The predicted molar refractivity (Wildman–Crippen MR) is 133 cm³/mol. The SMILES string of the molecule is CC(C)(C)OC[C@H]1NCCNC1=O.COC(=O)[C@@H](Br)CO.COC(=O)[C@@H](Br)COC(C)(C)C. The number of rotatable bonds is 7. The Kier molecular flexibility index (Phi) is 18.4. The summed E-state index contributed by atoms with van der Waals surface area (Å²) in [4.78, 5) is 31.5. The largest absolute Gasteiger partial charge is 0.468 e. The highest BCUT2D eigenvalue weighted by molar-refractivity contribution is 9.10. The monoisotopic (exact) mass is 606 g/mol. The van der Waals surface area contributed by atoms with Crippen molar-refractivity contribution < 1.29 is 38.4 Å². The fraction of sp³-hybridized carbons (Fsp3) is 0.857. The van der Waals surface area contributed by atoms with E-state index >= 15 is 0 Å². The van der Waals surface area contributed by atoms with Crippen LogP contribution in [0.1, 0.15) is 41.5 Å². The first kappa shape index (κ1) is 34.4. The third kappa shape index (κ3) is 20.3. The summed E-state index contributed by atoms with van der Waals surface area (Å²) < 4.78 is 19.7. The van der Waals surface area contributed by atoms with Gasteiger partial charge in [-0.25, -0.2) is 0 Å². The fourth-order valence-electron chi connectivity index (χ4n) is 1.84. The number of esters is 2. The molecule has 1 aliphatic heterocycles. The molecule has 3 N–H and O–H groups in total. The minimum atomic E-state index is -0.576. The first-order valence-corrected chi connectivity index (χ1v) is 12.2. The lowest BCUT2D eigenvalue weighted by Gasteiger charge is -2.27. The van der Waals surface area contributed by atoms with Gasteiger partial charge in [-0.05, 0) is 41.5 Å². The van der Waals surface area contributed by atoms with E-state index in [1.165, 1.54) is 14.2 Å². The lowest BCUT2D eigenvalue weighted by Crippen LogP contribution is -2.55. The molecule has 1 aliphatic rings. The van der Waals surface area contributed by atoms with Crippen LogP contribution in [-0.4, -0.2) is 97.0 Å². The maximum atomic E-state index is 11.3. The number of ether oxygens (including phenoxy) is 4. The lowest BCUT2D eigenvalue weighted by atomic mass is 10.2. The van der Waals surface area contributed by atoms with Crippen molar-refractivity contribution in [1.82, 2.24) is 10.6 Å². The van der Waals surface area contributed by atoms with Crippen LogP contribution in [0.15, 0.2) is 0 Å². The van der Waals surface area contributed by atoms with Crippen LogP contribution in [0.5, 0.6) is 0 Å². The van der Waals surface area contributed by atoms with E-state index in [0.29, 0.717) is 19.8 Å². The second kappa shape index (κ2) is 17.6. The minimum Gasteiger partial charge on any atom is -0.468 e. The molecule has 1 fully saturated rings. The van der Waals surface area contributed by atoms with Crippen molar-refractivity contribution in [3.05, 3.63) is 0 Å². The van der Waals surface area contributed by atoms with E-state index in [0.717, 1.165) is 6.54 Å². The van der Waals surface area contributed by atoms with Gasteiger partial charge in [0.25, 0.3) is 0 Å². The van der Waals surface area contributed by atoms with Gasteiger partial charge in [-0.15, -0.1) is 0 Å². The Balaban J connectivity index is 0. The van der Waals surface area contributed by atoms with Crippen LogP contribution in [0.4, 0.5) is 0 Å². The average molecular weight is 608 g/mol. The molecule has 1 rings (SSSR count). The number of carbonyl (C=O) groups is 3. The molecule has 0 radical (unpaired) electrons. The topological polar surface area (TPSA) is 132 Å². The number of halogens is 2. The van der Waals surface area contributed by atoms with Crippen molar-refractivity contribution in [2.75, 3.05) is 47.1 Å². The molecule has 1 amide bonds. The molecule has 0 bridgehead atoms. The number of alkyl halides is 2. The third-order valence-corrected chi connectivity index (χ3v) is 4.85. The second-order valence-corrected chi connectivity index (χ2v) is 11.0. The van der Waals surface area contributed by atoms with Gasteiger partial charge in [0.2, 0.25) is 5.91 Å². The Bertz CT molecular complexity index is 580. The lowest BCUT2D eigenvalue weighted by molar-refractivity contribution is -0.142. The van der Waals surface area contributed by atoms with E-state index < -0.39 is 10.8 Å². The molecule has 1 saturated heterocycles. The first-order valence-electron chi connectivity index (χ1n) is 10.4. The normalized spacial score (nSPS) is 17.8. The molecule has 0 aliphatic carbocycles. The zero-order valence-electron chi connectivity index (χ0n) is 20.8. The zero-order chi connectivity index (χ0) is 26.2. The number of nitrogens with one attached hydrogen (secondary N) is 2. The highest BCUT2D eigenvalue weighted by atomic mass is 79.9. The van der Waals surface area contributed by atoms with Crippen molar-refractivity contribution in [2.45, 2.75) is 68.4 Å². The van der Waals surface area contributed by atoms with Gasteiger partial charge < -0.3 is 34.7 Å². The van der Waals surface area contributed by atoms with Gasteiger partial charge >= 0.3 is 11.9 Å². The molecule has 0 aromatic rings. The van der Waals surface area contributed by atoms with Crippen LogP contribution in [0.3, 0.4) is 0 Å². The van der Waals surface area contributed by atoms with Gasteiger partial charge in [-0.1, -0.05) is 31.9 Å². The second-order valence-electron chi connectivity index (χ2n) is 8.81. The molecule has 33 heavy (non-hydrogen) atoms. The Morgan fingerprint density at radius 3 is 1.82 bits per heavy atom. The van der Waals surface area contributed by atoms with E-state index in [1.54, 1.807) is 0 Å². The molecule has 0 spiro atoms. The Hall–Kier alpha value is -0.790. The van der Waals surface area contributed by atoms with Crippen LogP contribution in [0.25, 0.3) is 0 Å². The Morgan fingerprint density at radius 1 is 0.970 bits per heavy atom. The third-order valence-electron chi connectivity index (χ3n) is 3.55. The van der Waals surface area contributed by atoms with E-state index in [9.17, 15) is 14.4 Å². The number of hydrogen-bond acceptors (Lipinski definition) is 9. The van der Waals surface area contributed by atoms with Gasteiger partial charge in [0.1, 0.15) is 15.7 Å². The molecule has 10 nitrogen and oxygen atoms in total. The zero-order valence-corrected chi connectivity index (χ0v) is 24.0. The van der Waals surface area contributed by atoms with Crippen LogP contribution >= 0.6 is 31.9 Å². The summed E-state index contributed by atoms with van der Waals surface area (Å²) in [6.07, 6.45) is 0. The van der Waals surface area contributed by atoms with E-state index in [-0.39, 0.29) is 40.6 Å². The van der Waals surface area contributed by atoms with E-state index in [2.05, 4.69) is 52.0 Å². The van der Waals surface area contributed by atoms with E-state index in [4.69, 9.17) is 14.6 Å². The Morgan fingerprint density at radius 2 is 1.45 bits per heavy atom. The van der Waals surface area contributed by atoms with Crippen molar-refractivity contribution >= 4 is 49.7 Å². The number of piperazine rings is 1. The molecule has 0 unspecified atom stereocenters. The molecular formula is C21H40Br2N2O8. The molecule has 0 saturated carbocycles. The number of methoxy groups -OCH3 is 2. The number of carbonyl (C=O) groups excluding carboxylic acids is 3. The summed E-state index contributed by atoms with van der Waals surface area (Å²) >= 11 is 6.03. The molecule has 0 aromatic heterocycles. The summed E-state index contributed by atoms with van der Waals surface area (Å²) in [6, 6.07) is -0.187. The van der Waals surface area contributed by atoms with Crippen LogP contribution < -0.4 is 10.6 Å². The molecule has 0 aromatic carbocycles. The predicted octanol–water partition coefficient (Wildman–Crippen LogP) is 1.54. The van der Waals surface area contributed by atoms with Crippen LogP contribution in [-0.2, 0) is 33.3 Å². The summed E-state index contributed by atoms with van der Waals surface area (Å²) in [5, 5.41) is 14.2. The minimum absolute atomic E-state index is 0.0375. The maximum Gasteiger partial charge on any atom is 0.321 e. The van der Waals surface area contributed by atoms with Crippen molar-refractivity contribution in [1.29, 1.82) is 0 Å². The van der Waals surface area contributed by atoms with Gasteiger partial charge in [0.15, 0.2) is 0 Å². The fourth-order valence-corrected chi connectivity index (χ4v) is 2.34. The maximum absolute atomic E-state index is 11.3. The summed E-state index contributed by atoms with van der Waals surface area (Å²) in [5.74, 6) is -0.720. The Labute approximate surface area is 214 Å². The van der Waals surface area contributed by atoms with Gasteiger partial charge in [-0.2, -0.15) is 0 Å². The number of aliphatic hydroxyl groups excluding tert-OH is 1. The highest BCUT2D eigenvalue weighted by Gasteiger charge is 2.23. The summed E-state index contributed by atoms with van der Waals surface area (Å²) in [5.41, 5.74) is -0.403. The van der Waals surface area contributed by atoms with Crippen LogP contribution in [0.2, 0.25) is 0 Å². The van der Waals surface area contributed by atoms with E-state index in [1.807, 2.05) is 41.5 Å². The molecular weight excluding hydrogens is 568 g/mol. The summed E-state index contributed by atoms with van der Waals surface area (Å²) in [7, 11) is 2.62. The molecule has 12 heteroatoms. The first-order chi connectivity index (χ1) is 15.1. The molecule has 3 atom stereocenters. The highest BCUT2D eigenvalue weighted by Crippen LogP contribution is 2.11. The standard InChI is InChI=1S/C9H18N2O2.C8H15BrO3.C4H7BrO3/c1-9(2,3)13-6-7-8(12)11-5-4-10-7;1-8(2,3)12-5-6(9)7(10)11-4;1-8-4(7)3(5)2-6/h7,10H,4-6H2,1-3H3,(H,11,12);6H,5H2,1-4H3;3,6H,2H2,1H3/t7-;6-;3-/m100/s1. The van der Waals surface area contributed by atoms with Gasteiger partial charge in [0.05, 0.1) is 45.2 Å². The number of aliphatic hydroxyl groups is 1. The quantitative estimate of drug-likeness (QED) is 0.291. The van der Waals surface area contributed by atoms with Crippen molar-refractivity contribution in [3.8, 4) is 0 Å². The van der Waals surface area contributed by atoms with Crippen LogP contribution in [0, 0.1) is 0 Å². The molecule has 1 heterocycles. The summed E-state index contributed by atoms with van der Waals surface area (Å²) in [6.45, 7) is 13.8.